The summed E-state index contributed by atoms with van der Waals surface area (Å²) >= 11 is 0. The number of fused-ring (bicyclic) bond motifs is 1. The molecule has 6 heteroatoms. The van der Waals surface area contributed by atoms with Gasteiger partial charge in [0, 0.05) is 0 Å². The van der Waals surface area contributed by atoms with E-state index in [2.05, 4.69) is 0 Å². The molecule has 0 fully saturated rings. The molecule has 0 heterocycles. The number of rotatable bonds is 5. The molecule has 0 amide bonds. The van der Waals surface area contributed by atoms with Gasteiger partial charge in [0.15, 0.2) is 0 Å². The first-order valence-corrected chi connectivity index (χ1v) is 9.11. The standard InChI is InChI=1S/C19H16O5S/c1-2-23-19(20)16-8-5-9-18(13-16)25(21,22)24-17-11-10-14-6-3-4-7-15(14)12-17/h3-13H,2H2,1H3. The lowest BCUT2D eigenvalue weighted by Crippen LogP contribution is -2.11. The quantitative estimate of drug-likeness (QED) is 0.514. The minimum Gasteiger partial charge on any atom is -0.462 e. The molecule has 0 aliphatic rings. The number of ether oxygens (including phenoxy) is 1. The van der Waals surface area contributed by atoms with Gasteiger partial charge in [-0.3, -0.25) is 0 Å². The highest BCUT2D eigenvalue weighted by Gasteiger charge is 2.19. The van der Waals surface area contributed by atoms with Crippen molar-refractivity contribution in [3.63, 3.8) is 0 Å². The van der Waals surface area contributed by atoms with Crippen LogP contribution in [0.1, 0.15) is 17.3 Å². The second-order valence-corrected chi connectivity index (χ2v) is 6.84. The Morgan fingerprint density at radius 3 is 2.44 bits per heavy atom. The summed E-state index contributed by atoms with van der Waals surface area (Å²) in [5.74, 6) is -0.370. The zero-order chi connectivity index (χ0) is 17.9. The first-order chi connectivity index (χ1) is 12.0. The van der Waals surface area contributed by atoms with Crippen molar-refractivity contribution in [1.29, 1.82) is 0 Å². The van der Waals surface area contributed by atoms with Crippen molar-refractivity contribution >= 4 is 26.9 Å². The summed E-state index contributed by atoms with van der Waals surface area (Å²) in [6, 6.07) is 18.2. The average molecular weight is 356 g/mol. The van der Waals surface area contributed by atoms with Crippen LogP contribution in [0.2, 0.25) is 0 Å². The van der Waals surface area contributed by atoms with Crippen LogP contribution in [0.4, 0.5) is 0 Å². The lowest BCUT2D eigenvalue weighted by Gasteiger charge is -2.09. The van der Waals surface area contributed by atoms with Crippen molar-refractivity contribution in [2.75, 3.05) is 6.61 Å². The predicted molar refractivity (Wildman–Crippen MR) is 94.2 cm³/mol. The van der Waals surface area contributed by atoms with E-state index in [0.29, 0.717) is 0 Å². The van der Waals surface area contributed by atoms with E-state index in [0.717, 1.165) is 10.8 Å². The second-order valence-electron chi connectivity index (χ2n) is 5.29. The lowest BCUT2D eigenvalue weighted by atomic mass is 10.1. The minimum atomic E-state index is -4.06. The molecule has 0 saturated heterocycles. The van der Waals surface area contributed by atoms with Gasteiger partial charge in [0.25, 0.3) is 0 Å². The Labute approximate surface area is 145 Å². The fraction of sp³-hybridized carbons (Fsp3) is 0.105. The summed E-state index contributed by atoms with van der Waals surface area (Å²) in [7, 11) is -4.06. The van der Waals surface area contributed by atoms with E-state index in [-0.39, 0.29) is 22.8 Å². The second kappa shape index (κ2) is 6.94. The Balaban J connectivity index is 1.90. The number of carbonyl (C=O) groups excluding carboxylic acids is 1. The molecular weight excluding hydrogens is 340 g/mol. The van der Waals surface area contributed by atoms with Gasteiger partial charge in [-0.05, 0) is 48.0 Å². The highest BCUT2D eigenvalue weighted by Crippen LogP contribution is 2.24. The maximum atomic E-state index is 12.5. The van der Waals surface area contributed by atoms with E-state index < -0.39 is 16.1 Å². The number of hydrogen-bond acceptors (Lipinski definition) is 5. The molecule has 5 nitrogen and oxygen atoms in total. The van der Waals surface area contributed by atoms with Crippen molar-refractivity contribution in [1.82, 2.24) is 0 Å². The summed E-state index contributed by atoms with van der Waals surface area (Å²) in [6.07, 6.45) is 0. The first-order valence-electron chi connectivity index (χ1n) is 7.70. The van der Waals surface area contributed by atoms with Gasteiger partial charge in [0.05, 0.1) is 12.2 Å². The Kier molecular flexibility index (Phi) is 4.72. The Hall–Kier alpha value is -2.86. The predicted octanol–water partition coefficient (Wildman–Crippen LogP) is 3.78. The molecule has 0 saturated carbocycles. The molecule has 0 unspecified atom stereocenters. The maximum Gasteiger partial charge on any atom is 0.339 e. The third kappa shape index (κ3) is 3.80. The zero-order valence-corrected chi connectivity index (χ0v) is 14.3. The van der Waals surface area contributed by atoms with Crippen LogP contribution >= 0.6 is 0 Å². The fourth-order valence-corrected chi connectivity index (χ4v) is 3.36. The Morgan fingerprint density at radius 1 is 0.920 bits per heavy atom. The van der Waals surface area contributed by atoms with Crippen LogP contribution in [-0.4, -0.2) is 21.0 Å². The van der Waals surface area contributed by atoms with Gasteiger partial charge in [-0.1, -0.05) is 36.4 Å². The topological polar surface area (TPSA) is 69.7 Å². The molecule has 0 bridgehead atoms. The zero-order valence-electron chi connectivity index (χ0n) is 13.5. The minimum absolute atomic E-state index is 0.105. The van der Waals surface area contributed by atoms with Gasteiger partial charge in [0.1, 0.15) is 10.6 Å². The van der Waals surface area contributed by atoms with Gasteiger partial charge in [0.2, 0.25) is 0 Å². The van der Waals surface area contributed by atoms with E-state index >= 15 is 0 Å². The normalized spacial score (nSPS) is 11.2. The number of esters is 1. The Morgan fingerprint density at radius 2 is 1.68 bits per heavy atom. The molecular formula is C19H16O5S. The van der Waals surface area contributed by atoms with E-state index in [1.807, 2.05) is 24.3 Å². The van der Waals surface area contributed by atoms with Crippen molar-refractivity contribution in [2.24, 2.45) is 0 Å². The fourth-order valence-electron chi connectivity index (χ4n) is 2.39. The average Bonchev–Trinajstić information content (AvgIpc) is 2.61. The first kappa shape index (κ1) is 17.0. The van der Waals surface area contributed by atoms with Gasteiger partial charge >= 0.3 is 16.1 Å². The molecule has 0 atom stereocenters. The van der Waals surface area contributed by atoms with E-state index in [9.17, 15) is 13.2 Å². The third-order valence-electron chi connectivity index (χ3n) is 3.56. The molecule has 3 aromatic rings. The molecule has 0 aliphatic carbocycles. The van der Waals surface area contributed by atoms with Crippen molar-refractivity contribution < 1.29 is 22.1 Å². The Bertz CT molecular complexity index is 1020. The van der Waals surface area contributed by atoms with Gasteiger partial charge in [-0.2, -0.15) is 8.42 Å². The van der Waals surface area contributed by atoms with Gasteiger partial charge in [-0.25, -0.2) is 4.79 Å². The summed E-state index contributed by atoms with van der Waals surface area (Å²) in [6.45, 7) is 1.89. The monoisotopic (exact) mass is 356 g/mol. The van der Waals surface area contributed by atoms with Crippen LogP contribution in [0, 0.1) is 0 Å². The van der Waals surface area contributed by atoms with Crippen LogP contribution in [0.5, 0.6) is 5.75 Å². The summed E-state index contributed by atoms with van der Waals surface area (Å²) < 4.78 is 35.1. The molecule has 3 aromatic carbocycles. The van der Waals surface area contributed by atoms with Crippen molar-refractivity contribution in [2.45, 2.75) is 11.8 Å². The van der Waals surface area contributed by atoms with Gasteiger partial charge in [-0.15, -0.1) is 0 Å². The lowest BCUT2D eigenvalue weighted by molar-refractivity contribution is 0.0526. The summed E-state index contributed by atoms with van der Waals surface area (Å²) in [5.41, 5.74) is 0.157. The third-order valence-corrected chi connectivity index (χ3v) is 4.80. The molecule has 0 aliphatic heterocycles. The smallest absolute Gasteiger partial charge is 0.339 e. The molecule has 128 valence electrons. The van der Waals surface area contributed by atoms with Crippen molar-refractivity contribution in [3.8, 4) is 5.75 Å². The van der Waals surface area contributed by atoms with Gasteiger partial charge < -0.3 is 8.92 Å². The van der Waals surface area contributed by atoms with Crippen LogP contribution < -0.4 is 4.18 Å². The van der Waals surface area contributed by atoms with Crippen LogP contribution in [0.3, 0.4) is 0 Å². The summed E-state index contributed by atoms with van der Waals surface area (Å²) in [4.78, 5) is 11.7. The highest BCUT2D eigenvalue weighted by atomic mass is 32.2. The van der Waals surface area contributed by atoms with E-state index in [1.165, 1.54) is 24.3 Å². The highest BCUT2D eigenvalue weighted by molar-refractivity contribution is 7.87. The van der Waals surface area contributed by atoms with Crippen LogP contribution in [0.25, 0.3) is 10.8 Å². The van der Waals surface area contributed by atoms with E-state index in [1.54, 1.807) is 25.1 Å². The molecule has 25 heavy (non-hydrogen) atoms. The summed E-state index contributed by atoms with van der Waals surface area (Å²) in [5, 5.41) is 1.85. The molecule has 0 radical (unpaired) electrons. The number of hydrogen-bond donors (Lipinski definition) is 0. The maximum absolute atomic E-state index is 12.5. The number of carbonyl (C=O) groups is 1. The molecule has 0 spiro atoms. The largest absolute Gasteiger partial charge is 0.462 e. The SMILES string of the molecule is CCOC(=O)c1cccc(S(=O)(=O)Oc2ccc3ccccc3c2)c1. The molecule has 0 N–H and O–H groups in total. The molecule has 3 rings (SSSR count). The van der Waals surface area contributed by atoms with Crippen LogP contribution in [-0.2, 0) is 14.9 Å². The molecule has 0 aromatic heterocycles. The van der Waals surface area contributed by atoms with Crippen molar-refractivity contribution in [3.05, 3.63) is 72.3 Å². The number of benzene rings is 3. The van der Waals surface area contributed by atoms with E-state index in [4.69, 9.17) is 8.92 Å². The van der Waals surface area contributed by atoms with Crippen LogP contribution in [0.15, 0.2) is 71.6 Å².